The molecule has 0 unspecified atom stereocenters. The third kappa shape index (κ3) is 1.18. The lowest BCUT2D eigenvalue weighted by molar-refractivity contribution is -0.0809. The first-order valence-electron chi connectivity index (χ1n) is 4.66. The fourth-order valence-electron chi connectivity index (χ4n) is 2.36. The Balaban J connectivity index is 2.06. The minimum atomic E-state index is -0.178. The van der Waals surface area contributed by atoms with Crippen LogP contribution in [0.25, 0.3) is 0 Å². The van der Waals surface area contributed by atoms with E-state index in [2.05, 4.69) is 0 Å². The second kappa shape index (κ2) is 2.76. The summed E-state index contributed by atoms with van der Waals surface area (Å²) in [7, 11) is 0. The van der Waals surface area contributed by atoms with Crippen molar-refractivity contribution in [3.63, 3.8) is 0 Å². The molecule has 1 aliphatic heterocycles. The molecule has 0 aromatic carbocycles. The molecule has 11 heavy (non-hydrogen) atoms. The molecule has 2 nitrogen and oxygen atoms in total. The van der Waals surface area contributed by atoms with Crippen molar-refractivity contribution < 1.29 is 9.84 Å². The van der Waals surface area contributed by atoms with Gasteiger partial charge in [-0.2, -0.15) is 0 Å². The Morgan fingerprint density at radius 3 is 2.45 bits per heavy atom. The molecule has 1 saturated carbocycles. The zero-order chi connectivity index (χ0) is 7.73. The van der Waals surface area contributed by atoms with E-state index >= 15 is 0 Å². The topological polar surface area (TPSA) is 29.5 Å². The lowest BCUT2D eigenvalue weighted by Gasteiger charge is -2.35. The molecule has 2 rings (SSSR count). The first-order chi connectivity index (χ1) is 5.33. The molecular formula is C9H16O2. The number of hydrogen-bond donors (Lipinski definition) is 1. The lowest BCUT2D eigenvalue weighted by Crippen LogP contribution is -2.40. The monoisotopic (exact) mass is 156 g/mol. The van der Waals surface area contributed by atoms with Crippen LogP contribution in [-0.4, -0.2) is 23.4 Å². The van der Waals surface area contributed by atoms with E-state index in [4.69, 9.17) is 4.74 Å². The molecule has 1 heterocycles. The van der Waals surface area contributed by atoms with Crippen molar-refractivity contribution in [1.82, 2.24) is 0 Å². The maximum Gasteiger partial charge on any atom is 0.0941 e. The van der Waals surface area contributed by atoms with E-state index in [0.29, 0.717) is 0 Å². The molecule has 2 aliphatic rings. The molecule has 0 bridgehead atoms. The zero-order valence-corrected chi connectivity index (χ0v) is 6.88. The van der Waals surface area contributed by atoms with Gasteiger partial charge in [0.15, 0.2) is 0 Å². The number of rotatable bonds is 0. The minimum Gasteiger partial charge on any atom is -0.390 e. The summed E-state index contributed by atoms with van der Waals surface area (Å²) in [5, 5.41) is 9.68. The lowest BCUT2D eigenvalue weighted by atomic mass is 9.81. The summed E-state index contributed by atoms with van der Waals surface area (Å²) < 4.78 is 5.64. The molecule has 1 aliphatic carbocycles. The SMILES string of the molecule is O[C@H]1CCOC12CCCCC2. The van der Waals surface area contributed by atoms with Gasteiger partial charge in [-0.05, 0) is 19.3 Å². The summed E-state index contributed by atoms with van der Waals surface area (Å²) in [6.45, 7) is 0.765. The Labute approximate surface area is 67.6 Å². The van der Waals surface area contributed by atoms with Gasteiger partial charge in [-0.25, -0.2) is 0 Å². The highest BCUT2D eigenvalue weighted by Crippen LogP contribution is 2.39. The second-order valence-corrected chi connectivity index (χ2v) is 3.78. The van der Waals surface area contributed by atoms with Crippen molar-refractivity contribution >= 4 is 0 Å². The third-order valence-electron chi connectivity index (χ3n) is 3.09. The molecule has 0 amide bonds. The van der Waals surface area contributed by atoms with Gasteiger partial charge >= 0.3 is 0 Å². The van der Waals surface area contributed by atoms with Crippen LogP contribution in [0.15, 0.2) is 0 Å². The zero-order valence-electron chi connectivity index (χ0n) is 6.88. The summed E-state index contributed by atoms with van der Waals surface area (Å²) in [6, 6.07) is 0. The number of aliphatic hydroxyl groups excluding tert-OH is 1. The van der Waals surface area contributed by atoms with Crippen LogP contribution in [0.2, 0.25) is 0 Å². The highest BCUT2D eigenvalue weighted by atomic mass is 16.5. The fourth-order valence-corrected chi connectivity index (χ4v) is 2.36. The van der Waals surface area contributed by atoms with Gasteiger partial charge in [0, 0.05) is 0 Å². The van der Waals surface area contributed by atoms with Crippen molar-refractivity contribution in [2.45, 2.75) is 50.2 Å². The van der Waals surface area contributed by atoms with Gasteiger partial charge in [-0.1, -0.05) is 19.3 Å². The van der Waals surface area contributed by atoms with Gasteiger partial charge in [-0.3, -0.25) is 0 Å². The van der Waals surface area contributed by atoms with Crippen LogP contribution in [-0.2, 0) is 4.74 Å². The average molecular weight is 156 g/mol. The third-order valence-corrected chi connectivity index (χ3v) is 3.09. The number of hydrogen-bond acceptors (Lipinski definition) is 2. The fraction of sp³-hybridized carbons (Fsp3) is 1.00. The summed E-state index contributed by atoms with van der Waals surface area (Å²) in [5.74, 6) is 0. The molecule has 0 aromatic heterocycles. The smallest absolute Gasteiger partial charge is 0.0941 e. The predicted octanol–water partition coefficient (Wildman–Crippen LogP) is 1.47. The molecule has 2 heteroatoms. The van der Waals surface area contributed by atoms with Gasteiger partial charge in [0.2, 0.25) is 0 Å². The predicted molar refractivity (Wildman–Crippen MR) is 42.4 cm³/mol. The van der Waals surface area contributed by atoms with Gasteiger partial charge < -0.3 is 9.84 Å². The van der Waals surface area contributed by atoms with E-state index in [-0.39, 0.29) is 11.7 Å². The maximum atomic E-state index is 9.68. The van der Waals surface area contributed by atoms with E-state index in [1.165, 1.54) is 19.3 Å². The Bertz CT molecular complexity index is 138. The van der Waals surface area contributed by atoms with Gasteiger partial charge in [0.1, 0.15) is 0 Å². The molecular weight excluding hydrogens is 140 g/mol. The molecule has 1 saturated heterocycles. The van der Waals surface area contributed by atoms with Crippen molar-refractivity contribution in [2.75, 3.05) is 6.61 Å². The Kier molecular flexibility index (Phi) is 1.90. The molecule has 0 aromatic rings. The number of aliphatic hydroxyl groups is 1. The highest BCUT2D eigenvalue weighted by molar-refractivity contribution is 4.94. The van der Waals surface area contributed by atoms with Crippen LogP contribution >= 0.6 is 0 Å². The first-order valence-corrected chi connectivity index (χ1v) is 4.66. The van der Waals surface area contributed by atoms with Crippen LogP contribution in [0.3, 0.4) is 0 Å². The maximum absolute atomic E-state index is 9.68. The van der Waals surface area contributed by atoms with Gasteiger partial charge in [-0.15, -0.1) is 0 Å². The summed E-state index contributed by atoms with van der Waals surface area (Å²) in [4.78, 5) is 0. The quantitative estimate of drug-likeness (QED) is 0.575. The van der Waals surface area contributed by atoms with Crippen LogP contribution in [0.1, 0.15) is 38.5 Å². The van der Waals surface area contributed by atoms with E-state index in [1.54, 1.807) is 0 Å². The molecule has 1 N–H and O–H groups in total. The standard InChI is InChI=1S/C9H16O2/c10-8-4-7-11-9(8)5-2-1-3-6-9/h8,10H,1-7H2/t8-/m0/s1. The minimum absolute atomic E-state index is 0.113. The second-order valence-electron chi connectivity index (χ2n) is 3.78. The largest absolute Gasteiger partial charge is 0.390 e. The van der Waals surface area contributed by atoms with Gasteiger partial charge in [0.05, 0.1) is 18.3 Å². The van der Waals surface area contributed by atoms with Crippen molar-refractivity contribution in [3.05, 3.63) is 0 Å². The average Bonchev–Trinajstić information content (AvgIpc) is 2.36. The van der Waals surface area contributed by atoms with E-state index in [1.807, 2.05) is 0 Å². The van der Waals surface area contributed by atoms with E-state index in [0.717, 1.165) is 25.9 Å². The molecule has 0 radical (unpaired) electrons. The van der Waals surface area contributed by atoms with Gasteiger partial charge in [0.25, 0.3) is 0 Å². The van der Waals surface area contributed by atoms with E-state index in [9.17, 15) is 5.11 Å². The molecule has 1 atom stereocenters. The number of ether oxygens (including phenoxy) is 1. The van der Waals surface area contributed by atoms with Crippen LogP contribution in [0.4, 0.5) is 0 Å². The Morgan fingerprint density at radius 1 is 1.18 bits per heavy atom. The van der Waals surface area contributed by atoms with E-state index < -0.39 is 0 Å². The van der Waals surface area contributed by atoms with Crippen molar-refractivity contribution in [3.8, 4) is 0 Å². The van der Waals surface area contributed by atoms with Crippen molar-refractivity contribution in [2.24, 2.45) is 0 Å². The Hall–Kier alpha value is -0.0800. The molecule has 1 spiro atoms. The molecule has 64 valence electrons. The van der Waals surface area contributed by atoms with Crippen LogP contribution in [0.5, 0.6) is 0 Å². The van der Waals surface area contributed by atoms with Crippen LogP contribution < -0.4 is 0 Å². The Morgan fingerprint density at radius 2 is 1.91 bits per heavy atom. The normalized spacial score (nSPS) is 36.3. The summed E-state index contributed by atoms with van der Waals surface area (Å²) in [5.41, 5.74) is -0.113. The first kappa shape index (κ1) is 7.56. The van der Waals surface area contributed by atoms with Crippen molar-refractivity contribution in [1.29, 1.82) is 0 Å². The van der Waals surface area contributed by atoms with Crippen LogP contribution in [0, 0.1) is 0 Å². The summed E-state index contributed by atoms with van der Waals surface area (Å²) in [6.07, 6.45) is 6.61. The molecule has 2 fully saturated rings. The summed E-state index contributed by atoms with van der Waals surface area (Å²) >= 11 is 0. The highest BCUT2D eigenvalue weighted by Gasteiger charge is 2.43.